The molecule has 0 aromatic carbocycles. The van der Waals surface area contributed by atoms with Gasteiger partial charge in [0, 0.05) is 25.5 Å². The van der Waals surface area contributed by atoms with Gasteiger partial charge in [0.15, 0.2) is 0 Å². The Morgan fingerprint density at radius 1 is 1.43 bits per heavy atom. The topological polar surface area (TPSA) is 12.5 Å². The van der Waals surface area contributed by atoms with Crippen LogP contribution in [0.15, 0.2) is 0 Å². The van der Waals surface area contributed by atoms with Gasteiger partial charge in [0.25, 0.3) is 0 Å². The zero-order valence-corrected chi connectivity index (χ0v) is 11.0. The molecule has 0 spiro atoms. The van der Waals surface area contributed by atoms with E-state index in [1.807, 2.05) is 0 Å². The number of nitrogens with zero attached hydrogens (tertiary/aromatic N) is 1. The van der Waals surface area contributed by atoms with Crippen molar-refractivity contribution in [2.24, 2.45) is 5.41 Å². The van der Waals surface area contributed by atoms with E-state index in [1.54, 1.807) is 7.11 Å². The molecule has 0 heterocycles. The van der Waals surface area contributed by atoms with E-state index < -0.39 is 0 Å². The molecule has 14 heavy (non-hydrogen) atoms. The van der Waals surface area contributed by atoms with Crippen LogP contribution in [0.25, 0.3) is 0 Å². The summed E-state index contributed by atoms with van der Waals surface area (Å²) in [6, 6.07) is 0. The first-order chi connectivity index (χ1) is 6.76. The molecule has 0 unspecified atom stereocenters. The molecule has 3 heteroatoms. The first-order valence-corrected chi connectivity index (χ1v) is 6.66. The fourth-order valence-electron chi connectivity index (χ4n) is 2.05. The average Bonchev–Trinajstić information content (AvgIpc) is 2.16. The second-order valence-corrected chi connectivity index (χ2v) is 4.91. The smallest absolute Gasteiger partial charge is 0.0589 e. The lowest BCUT2D eigenvalue weighted by Gasteiger charge is -2.44. The molecule has 0 radical (unpaired) electrons. The number of likely N-dealkylation sites (N-methyl/N-ethyl adjacent to an activating group) is 1. The van der Waals surface area contributed by atoms with Crippen molar-refractivity contribution in [3.8, 4) is 0 Å². The Kier molecular flexibility index (Phi) is 5.42. The van der Waals surface area contributed by atoms with Gasteiger partial charge >= 0.3 is 0 Å². The van der Waals surface area contributed by atoms with E-state index in [0.29, 0.717) is 5.41 Å². The van der Waals surface area contributed by atoms with Gasteiger partial charge in [-0.15, -0.1) is 0 Å². The van der Waals surface area contributed by atoms with E-state index in [9.17, 15) is 0 Å². The van der Waals surface area contributed by atoms with Crippen LogP contribution in [0.3, 0.4) is 0 Å². The fourth-order valence-corrected chi connectivity index (χ4v) is 2.79. The minimum atomic E-state index is 0.573. The molecule has 0 bridgehead atoms. The summed E-state index contributed by atoms with van der Waals surface area (Å²) in [6.07, 6.45) is 4.19. The van der Waals surface area contributed by atoms with Crippen molar-refractivity contribution < 1.29 is 4.74 Å². The molecule has 0 aromatic rings. The molecule has 1 rings (SSSR count). The minimum absolute atomic E-state index is 0.573. The standard InChI is InChI=1S/C11H22BrNO/c1-3-13(7-8-14-2)10-11(9-12)5-4-6-11/h3-10H2,1-2H3. The summed E-state index contributed by atoms with van der Waals surface area (Å²) in [5.74, 6) is 0. The average molecular weight is 264 g/mol. The van der Waals surface area contributed by atoms with Crippen molar-refractivity contribution in [1.29, 1.82) is 0 Å². The third-order valence-electron chi connectivity index (χ3n) is 3.32. The summed E-state index contributed by atoms with van der Waals surface area (Å²) in [4.78, 5) is 2.50. The fraction of sp³-hybridized carbons (Fsp3) is 1.00. The van der Waals surface area contributed by atoms with Gasteiger partial charge in [-0.3, -0.25) is 0 Å². The lowest BCUT2D eigenvalue weighted by molar-refractivity contribution is 0.0736. The van der Waals surface area contributed by atoms with E-state index in [4.69, 9.17) is 4.74 Å². The highest BCUT2D eigenvalue weighted by Crippen LogP contribution is 2.42. The molecule has 1 saturated carbocycles. The predicted molar refractivity (Wildman–Crippen MR) is 64.1 cm³/mol. The molecule has 84 valence electrons. The Labute approximate surface area is 96.1 Å². The highest BCUT2D eigenvalue weighted by Gasteiger charge is 2.36. The van der Waals surface area contributed by atoms with Gasteiger partial charge < -0.3 is 9.64 Å². The van der Waals surface area contributed by atoms with Crippen LogP contribution in [0.2, 0.25) is 0 Å². The highest BCUT2D eigenvalue weighted by molar-refractivity contribution is 9.09. The van der Waals surface area contributed by atoms with Crippen molar-refractivity contribution in [3.05, 3.63) is 0 Å². The zero-order chi connectivity index (χ0) is 10.4. The molecule has 0 saturated heterocycles. The largest absolute Gasteiger partial charge is 0.383 e. The maximum absolute atomic E-state index is 5.12. The van der Waals surface area contributed by atoms with Crippen molar-refractivity contribution in [3.63, 3.8) is 0 Å². The second-order valence-electron chi connectivity index (χ2n) is 4.35. The third kappa shape index (κ3) is 3.21. The Morgan fingerprint density at radius 2 is 2.14 bits per heavy atom. The zero-order valence-electron chi connectivity index (χ0n) is 9.39. The Hall–Kier alpha value is 0.400. The predicted octanol–water partition coefficient (Wildman–Crippen LogP) is 2.52. The summed E-state index contributed by atoms with van der Waals surface area (Å²) >= 11 is 3.65. The number of halogens is 1. The van der Waals surface area contributed by atoms with E-state index in [1.165, 1.54) is 25.8 Å². The Bertz CT molecular complexity index is 154. The van der Waals surface area contributed by atoms with Gasteiger partial charge in [-0.1, -0.05) is 29.3 Å². The van der Waals surface area contributed by atoms with Crippen LogP contribution in [0, 0.1) is 5.41 Å². The molecule has 0 amide bonds. The van der Waals surface area contributed by atoms with E-state index in [2.05, 4.69) is 27.8 Å². The summed E-state index contributed by atoms with van der Waals surface area (Å²) < 4.78 is 5.12. The molecule has 0 aliphatic heterocycles. The Balaban J connectivity index is 2.30. The minimum Gasteiger partial charge on any atom is -0.383 e. The molecule has 0 aromatic heterocycles. The van der Waals surface area contributed by atoms with Crippen molar-refractivity contribution in [2.45, 2.75) is 26.2 Å². The van der Waals surface area contributed by atoms with E-state index in [0.717, 1.165) is 25.0 Å². The summed E-state index contributed by atoms with van der Waals surface area (Å²) in [5.41, 5.74) is 0.573. The first-order valence-electron chi connectivity index (χ1n) is 5.53. The number of ether oxygens (including phenoxy) is 1. The second kappa shape index (κ2) is 6.09. The number of methoxy groups -OCH3 is 1. The molecule has 1 fully saturated rings. The molecule has 0 atom stereocenters. The molecule has 1 aliphatic carbocycles. The normalized spacial score (nSPS) is 19.7. The lowest BCUT2D eigenvalue weighted by atomic mass is 9.70. The number of alkyl halides is 1. The molecule has 2 nitrogen and oxygen atoms in total. The molecule has 1 aliphatic rings. The molecule has 0 N–H and O–H groups in total. The summed E-state index contributed by atoms with van der Waals surface area (Å²) in [5, 5.41) is 1.16. The lowest BCUT2D eigenvalue weighted by Crippen LogP contribution is -2.44. The number of hydrogen-bond acceptors (Lipinski definition) is 2. The van der Waals surface area contributed by atoms with Crippen LogP contribution in [0.1, 0.15) is 26.2 Å². The van der Waals surface area contributed by atoms with Crippen molar-refractivity contribution in [2.75, 3.05) is 38.7 Å². The van der Waals surface area contributed by atoms with Crippen LogP contribution in [0.4, 0.5) is 0 Å². The van der Waals surface area contributed by atoms with Crippen LogP contribution in [-0.4, -0.2) is 43.6 Å². The number of hydrogen-bond donors (Lipinski definition) is 0. The van der Waals surface area contributed by atoms with Crippen LogP contribution < -0.4 is 0 Å². The van der Waals surface area contributed by atoms with Crippen molar-refractivity contribution in [1.82, 2.24) is 4.90 Å². The molecular weight excluding hydrogens is 242 g/mol. The van der Waals surface area contributed by atoms with Gasteiger partial charge in [0.2, 0.25) is 0 Å². The van der Waals surface area contributed by atoms with E-state index >= 15 is 0 Å². The highest BCUT2D eigenvalue weighted by atomic mass is 79.9. The summed E-state index contributed by atoms with van der Waals surface area (Å²) in [7, 11) is 1.78. The van der Waals surface area contributed by atoms with Crippen LogP contribution >= 0.6 is 15.9 Å². The Morgan fingerprint density at radius 3 is 2.50 bits per heavy atom. The maximum atomic E-state index is 5.12. The van der Waals surface area contributed by atoms with Gasteiger partial charge in [-0.25, -0.2) is 0 Å². The van der Waals surface area contributed by atoms with Gasteiger partial charge in [-0.05, 0) is 24.8 Å². The first kappa shape index (κ1) is 12.5. The number of rotatable bonds is 7. The maximum Gasteiger partial charge on any atom is 0.0589 e. The SMILES string of the molecule is CCN(CCOC)CC1(CBr)CCC1. The van der Waals surface area contributed by atoms with Crippen molar-refractivity contribution >= 4 is 15.9 Å². The van der Waals surface area contributed by atoms with Gasteiger partial charge in [0.1, 0.15) is 0 Å². The van der Waals surface area contributed by atoms with Gasteiger partial charge in [-0.2, -0.15) is 0 Å². The quantitative estimate of drug-likeness (QED) is 0.655. The van der Waals surface area contributed by atoms with Crippen LogP contribution in [-0.2, 0) is 4.74 Å². The van der Waals surface area contributed by atoms with Gasteiger partial charge in [0.05, 0.1) is 6.61 Å². The monoisotopic (exact) mass is 263 g/mol. The third-order valence-corrected chi connectivity index (χ3v) is 4.51. The van der Waals surface area contributed by atoms with Crippen LogP contribution in [0.5, 0.6) is 0 Å². The molecular formula is C11H22BrNO. The summed E-state index contributed by atoms with van der Waals surface area (Å²) in [6.45, 7) is 6.53. The van der Waals surface area contributed by atoms with E-state index in [-0.39, 0.29) is 0 Å².